The first-order valence-electron chi connectivity index (χ1n) is 5.19. The van der Waals surface area contributed by atoms with Crippen LogP contribution in [0.2, 0.25) is 0 Å². The normalized spacial score (nSPS) is 10.4. The van der Waals surface area contributed by atoms with Crippen LogP contribution in [0.25, 0.3) is 0 Å². The molecule has 0 aliphatic carbocycles. The summed E-state index contributed by atoms with van der Waals surface area (Å²) in [6, 6.07) is 0. The lowest BCUT2D eigenvalue weighted by Crippen LogP contribution is -2.32. The number of rotatable bonds is 7. The largest absolute Gasteiger partial charge is 0.388 e. The molecule has 1 heterocycles. The number of anilines is 1. The summed E-state index contributed by atoms with van der Waals surface area (Å²) in [7, 11) is 3.61. The van der Waals surface area contributed by atoms with E-state index in [1.807, 2.05) is 17.8 Å². The highest BCUT2D eigenvalue weighted by Gasteiger charge is 2.10. The fourth-order valence-corrected chi connectivity index (χ4v) is 1.43. The second-order valence-corrected chi connectivity index (χ2v) is 3.59. The molecule has 1 aromatic rings. The summed E-state index contributed by atoms with van der Waals surface area (Å²) >= 11 is 0. The molecule has 6 heteroatoms. The van der Waals surface area contributed by atoms with E-state index in [2.05, 4.69) is 9.88 Å². The molecule has 6 nitrogen and oxygen atoms in total. The fraction of sp³-hybridized carbons (Fsp3) is 0.600. The van der Waals surface area contributed by atoms with Crippen molar-refractivity contribution in [3.8, 4) is 0 Å². The third kappa shape index (κ3) is 3.54. The minimum Gasteiger partial charge on any atom is -0.388 e. The van der Waals surface area contributed by atoms with Crippen LogP contribution >= 0.6 is 0 Å². The molecule has 0 amide bonds. The van der Waals surface area contributed by atoms with Crippen molar-refractivity contribution in [3.05, 3.63) is 12.4 Å². The highest BCUT2D eigenvalue weighted by Crippen LogP contribution is 2.09. The summed E-state index contributed by atoms with van der Waals surface area (Å²) in [5, 5.41) is 7.24. The molecule has 0 radical (unpaired) electrons. The number of amidine groups is 1. The molecule has 0 spiro atoms. The average molecular weight is 225 g/mol. The van der Waals surface area contributed by atoms with Crippen molar-refractivity contribution in [2.24, 2.45) is 12.8 Å². The smallest absolute Gasteiger partial charge is 0.205 e. The number of hydrogen-bond acceptors (Lipinski definition) is 4. The minimum absolute atomic E-state index is 0.191. The number of nitrogens with one attached hydrogen (secondary N) is 1. The zero-order chi connectivity index (χ0) is 12.0. The highest BCUT2D eigenvalue weighted by atomic mass is 16.5. The fourth-order valence-electron chi connectivity index (χ4n) is 1.43. The molecule has 0 aliphatic rings. The van der Waals surface area contributed by atoms with Crippen LogP contribution in [0.3, 0.4) is 0 Å². The van der Waals surface area contributed by atoms with Gasteiger partial charge in [-0.05, 0) is 0 Å². The van der Waals surface area contributed by atoms with Gasteiger partial charge in [-0.25, -0.2) is 4.98 Å². The van der Waals surface area contributed by atoms with Crippen LogP contribution in [0, 0.1) is 5.41 Å². The molecule has 0 aromatic carbocycles. The lowest BCUT2D eigenvalue weighted by atomic mass is 10.3. The number of imidazole rings is 1. The van der Waals surface area contributed by atoms with Crippen molar-refractivity contribution in [3.63, 3.8) is 0 Å². The molecule has 0 saturated heterocycles. The van der Waals surface area contributed by atoms with Gasteiger partial charge in [-0.2, -0.15) is 0 Å². The van der Waals surface area contributed by atoms with Crippen LogP contribution in [0.4, 0.5) is 5.95 Å². The Hall–Kier alpha value is -1.56. The highest BCUT2D eigenvalue weighted by molar-refractivity contribution is 5.77. The van der Waals surface area contributed by atoms with E-state index >= 15 is 0 Å². The monoisotopic (exact) mass is 225 g/mol. The maximum absolute atomic E-state index is 7.24. The molecule has 0 saturated carbocycles. The van der Waals surface area contributed by atoms with Crippen LogP contribution in [0.5, 0.6) is 0 Å². The number of methoxy groups -OCH3 is 1. The van der Waals surface area contributed by atoms with Gasteiger partial charge >= 0.3 is 0 Å². The molecule has 0 unspecified atom stereocenters. The van der Waals surface area contributed by atoms with Gasteiger partial charge < -0.3 is 19.9 Å². The van der Waals surface area contributed by atoms with Crippen LogP contribution in [0.15, 0.2) is 12.4 Å². The maximum Gasteiger partial charge on any atom is 0.205 e. The zero-order valence-corrected chi connectivity index (χ0v) is 9.81. The first-order chi connectivity index (χ1) is 7.65. The average Bonchev–Trinajstić information content (AvgIpc) is 2.65. The molecule has 0 aliphatic heterocycles. The molecule has 3 N–H and O–H groups in total. The van der Waals surface area contributed by atoms with Gasteiger partial charge in [0, 0.05) is 46.1 Å². The van der Waals surface area contributed by atoms with E-state index in [0.717, 1.165) is 12.5 Å². The lowest BCUT2D eigenvalue weighted by Gasteiger charge is -2.23. The summed E-state index contributed by atoms with van der Waals surface area (Å²) in [5.41, 5.74) is 5.36. The Labute approximate surface area is 95.5 Å². The second-order valence-electron chi connectivity index (χ2n) is 3.59. The van der Waals surface area contributed by atoms with E-state index in [1.54, 1.807) is 13.3 Å². The van der Waals surface area contributed by atoms with Crippen LogP contribution in [0.1, 0.15) is 6.42 Å². The quantitative estimate of drug-likeness (QED) is 0.513. The van der Waals surface area contributed by atoms with Crippen molar-refractivity contribution in [1.82, 2.24) is 9.55 Å². The number of nitrogens with two attached hydrogens (primary N) is 1. The second kappa shape index (κ2) is 6.12. The zero-order valence-electron chi connectivity index (χ0n) is 9.81. The summed E-state index contributed by atoms with van der Waals surface area (Å²) in [6.07, 6.45) is 4.18. The lowest BCUT2D eigenvalue weighted by molar-refractivity contribution is 0.205. The van der Waals surface area contributed by atoms with Gasteiger partial charge in [-0.1, -0.05) is 0 Å². The SMILES string of the molecule is COCCN(CCC(=N)N)c1nccn1C. The maximum atomic E-state index is 7.24. The summed E-state index contributed by atoms with van der Waals surface area (Å²) in [4.78, 5) is 6.33. The van der Waals surface area contributed by atoms with Gasteiger partial charge in [-0.3, -0.25) is 5.41 Å². The Morgan fingerprint density at radius 2 is 2.38 bits per heavy atom. The molecule has 1 rings (SSSR count). The predicted molar refractivity (Wildman–Crippen MR) is 63.8 cm³/mol. The van der Waals surface area contributed by atoms with E-state index in [4.69, 9.17) is 15.9 Å². The van der Waals surface area contributed by atoms with E-state index in [1.165, 1.54) is 0 Å². The Morgan fingerprint density at radius 1 is 1.62 bits per heavy atom. The van der Waals surface area contributed by atoms with Crippen LogP contribution < -0.4 is 10.6 Å². The summed E-state index contributed by atoms with van der Waals surface area (Å²) < 4.78 is 6.99. The van der Waals surface area contributed by atoms with Crippen molar-refractivity contribution in [2.45, 2.75) is 6.42 Å². The number of aryl methyl sites for hydroxylation is 1. The molecular weight excluding hydrogens is 206 g/mol. The first-order valence-corrected chi connectivity index (χ1v) is 5.19. The minimum atomic E-state index is 0.191. The molecule has 0 bridgehead atoms. The predicted octanol–water partition coefficient (Wildman–Crippen LogP) is 0.199. The molecule has 0 fully saturated rings. The number of aromatic nitrogens is 2. The van der Waals surface area contributed by atoms with E-state index < -0.39 is 0 Å². The molecule has 1 aromatic heterocycles. The Kier molecular flexibility index (Phi) is 4.78. The van der Waals surface area contributed by atoms with Gasteiger partial charge in [-0.15, -0.1) is 0 Å². The van der Waals surface area contributed by atoms with Crippen LogP contribution in [-0.2, 0) is 11.8 Å². The molecule has 90 valence electrons. The summed E-state index contributed by atoms with van der Waals surface area (Å²) in [6.45, 7) is 2.06. The van der Waals surface area contributed by atoms with Crippen molar-refractivity contribution >= 4 is 11.8 Å². The standard InChI is InChI=1S/C10H19N5O/c1-14-6-4-13-10(14)15(7-8-16-2)5-3-9(11)12/h4,6H,3,5,7-8H2,1-2H3,(H3,11,12). The molecule has 0 atom stereocenters. The van der Waals surface area contributed by atoms with Gasteiger partial charge in [0.1, 0.15) is 0 Å². The third-order valence-electron chi connectivity index (χ3n) is 2.29. The first kappa shape index (κ1) is 12.5. The van der Waals surface area contributed by atoms with E-state index in [0.29, 0.717) is 19.6 Å². The number of hydrogen-bond donors (Lipinski definition) is 2. The van der Waals surface area contributed by atoms with Crippen molar-refractivity contribution in [2.75, 3.05) is 31.7 Å². The van der Waals surface area contributed by atoms with Gasteiger partial charge in [0.05, 0.1) is 12.4 Å². The van der Waals surface area contributed by atoms with E-state index in [-0.39, 0.29) is 5.84 Å². The van der Waals surface area contributed by atoms with E-state index in [9.17, 15) is 0 Å². The Balaban J connectivity index is 2.63. The topological polar surface area (TPSA) is 80.2 Å². The third-order valence-corrected chi connectivity index (χ3v) is 2.29. The Bertz CT molecular complexity index is 336. The molecule has 16 heavy (non-hydrogen) atoms. The summed E-state index contributed by atoms with van der Waals surface area (Å²) in [5.74, 6) is 1.06. The number of nitrogens with zero attached hydrogens (tertiary/aromatic N) is 3. The van der Waals surface area contributed by atoms with Gasteiger partial charge in [0.15, 0.2) is 0 Å². The number of ether oxygens (including phenoxy) is 1. The van der Waals surface area contributed by atoms with Crippen molar-refractivity contribution in [1.29, 1.82) is 5.41 Å². The van der Waals surface area contributed by atoms with Gasteiger partial charge in [0.2, 0.25) is 5.95 Å². The molecular formula is C10H19N5O. The Morgan fingerprint density at radius 3 is 2.88 bits per heavy atom. The van der Waals surface area contributed by atoms with Gasteiger partial charge in [0.25, 0.3) is 0 Å². The van der Waals surface area contributed by atoms with Crippen molar-refractivity contribution < 1.29 is 4.74 Å². The van der Waals surface area contributed by atoms with Crippen LogP contribution in [-0.4, -0.2) is 42.2 Å².